The fourth-order valence-corrected chi connectivity index (χ4v) is 2.27. The number of rotatable bonds is 2. The van der Waals surface area contributed by atoms with Gasteiger partial charge in [0.25, 0.3) is 5.91 Å². The second-order valence-electron chi connectivity index (χ2n) is 5.51. The van der Waals surface area contributed by atoms with Crippen molar-refractivity contribution in [1.82, 2.24) is 21.2 Å². The number of pyridine rings is 1. The number of nitrogens with zero attached hydrogens (tertiary/aromatic N) is 1. The lowest BCUT2D eigenvalue weighted by molar-refractivity contribution is -0.139. The number of aryl methyl sites for hydroxylation is 1. The van der Waals surface area contributed by atoms with Crippen LogP contribution in [0.5, 0.6) is 0 Å². The zero-order valence-corrected chi connectivity index (χ0v) is 14.2. The predicted molar refractivity (Wildman–Crippen MR) is 90.4 cm³/mol. The number of benzene rings is 1. The fourth-order valence-electron chi connectivity index (χ4n) is 2.05. The van der Waals surface area contributed by atoms with Gasteiger partial charge >= 0.3 is 11.8 Å². The Labute approximate surface area is 143 Å². The van der Waals surface area contributed by atoms with Gasteiger partial charge in [0.15, 0.2) is 0 Å². The van der Waals surface area contributed by atoms with Crippen molar-refractivity contribution in [2.45, 2.75) is 26.8 Å². The van der Waals surface area contributed by atoms with Crippen LogP contribution in [-0.2, 0) is 9.59 Å². The number of fused-ring (bicyclic) bond motifs is 1. The Morgan fingerprint density at radius 1 is 1.12 bits per heavy atom. The molecule has 24 heavy (non-hydrogen) atoms. The van der Waals surface area contributed by atoms with E-state index in [4.69, 9.17) is 11.6 Å². The number of aromatic nitrogens is 1. The Bertz CT molecular complexity index is 820. The molecule has 0 fully saturated rings. The first kappa shape index (κ1) is 17.7. The summed E-state index contributed by atoms with van der Waals surface area (Å²) in [4.78, 5) is 39.4. The van der Waals surface area contributed by atoms with Gasteiger partial charge in [0.2, 0.25) is 0 Å². The van der Waals surface area contributed by atoms with Crippen LogP contribution < -0.4 is 16.2 Å². The molecule has 0 aliphatic carbocycles. The van der Waals surface area contributed by atoms with Crippen molar-refractivity contribution in [2.24, 2.45) is 0 Å². The van der Waals surface area contributed by atoms with Crippen LogP contribution in [-0.4, -0.2) is 28.7 Å². The number of para-hydroxylation sites is 1. The average Bonchev–Trinajstić information content (AvgIpc) is 2.52. The van der Waals surface area contributed by atoms with E-state index in [0.717, 1.165) is 10.9 Å². The van der Waals surface area contributed by atoms with Gasteiger partial charge in [-0.05, 0) is 32.4 Å². The second kappa shape index (κ2) is 7.27. The summed E-state index contributed by atoms with van der Waals surface area (Å²) in [7, 11) is 0. The molecule has 2 aromatic rings. The highest BCUT2D eigenvalue weighted by molar-refractivity contribution is 6.35. The van der Waals surface area contributed by atoms with Crippen LogP contribution in [0.4, 0.5) is 0 Å². The van der Waals surface area contributed by atoms with E-state index in [1.54, 1.807) is 26.0 Å². The lowest BCUT2D eigenvalue weighted by Gasteiger charge is -2.11. The molecule has 0 atom stereocenters. The average molecular weight is 349 g/mol. The van der Waals surface area contributed by atoms with Gasteiger partial charge in [-0.3, -0.25) is 25.2 Å². The van der Waals surface area contributed by atoms with Gasteiger partial charge in [-0.2, -0.15) is 0 Å². The smallest absolute Gasteiger partial charge is 0.327 e. The Balaban J connectivity index is 2.13. The highest BCUT2D eigenvalue weighted by atomic mass is 35.5. The first-order chi connectivity index (χ1) is 11.3. The molecular formula is C16H17ClN4O3. The number of carbonyl (C=O) groups is 3. The molecule has 7 nitrogen and oxygen atoms in total. The third-order valence-electron chi connectivity index (χ3n) is 3.16. The highest BCUT2D eigenvalue weighted by Gasteiger charge is 2.18. The van der Waals surface area contributed by atoms with Crippen molar-refractivity contribution in [3.8, 4) is 0 Å². The van der Waals surface area contributed by atoms with E-state index < -0.39 is 17.7 Å². The van der Waals surface area contributed by atoms with E-state index in [-0.39, 0.29) is 16.8 Å². The second-order valence-corrected chi connectivity index (χ2v) is 5.87. The molecule has 0 saturated heterocycles. The van der Waals surface area contributed by atoms with Gasteiger partial charge in [0, 0.05) is 11.4 Å². The molecule has 1 aromatic carbocycles. The number of amides is 3. The maximum Gasteiger partial charge on any atom is 0.327 e. The molecule has 3 amide bonds. The van der Waals surface area contributed by atoms with E-state index in [9.17, 15) is 14.4 Å². The zero-order valence-electron chi connectivity index (χ0n) is 13.4. The van der Waals surface area contributed by atoms with Crippen molar-refractivity contribution in [3.05, 3.63) is 40.5 Å². The predicted octanol–water partition coefficient (Wildman–Crippen LogP) is 1.48. The number of nitrogens with one attached hydrogen (secondary N) is 3. The van der Waals surface area contributed by atoms with E-state index in [1.807, 2.05) is 24.5 Å². The number of halogens is 1. The third-order valence-corrected chi connectivity index (χ3v) is 3.45. The molecule has 126 valence electrons. The fraction of sp³-hybridized carbons (Fsp3) is 0.250. The summed E-state index contributed by atoms with van der Waals surface area (Å²) in [5.41, 5.74) is 5.91. The standard InChI is InChI=1S/C16H17ClN4O3/c1-8(2)18-15(23)16(24)21-20-14(22)11-7-10-6-4-5-9(3)12(10)19-13(11)17/h4-8H,1-3H3,(H,18,23)(H,20,22)(H,21,24). The quantitative estimate of drug-likeness (QED) is 0.435. The van der Waals surface area contributed by atoms with Gasteiger partial charge in [-0.25, -0.2) is 4.98 Å². The maximum absolute atomic E-state index is 12.2. The number of hydrazine groups is 1. The number of hydrogen-bond donors (Lipinski definition) is 3. The maximum atomic E-state index is 12.2. The first-order valence-corrected chi connectivity index (χ1v) is 7.64. The SMILES string of the molecule is Cc1cccc2cc(C(=O)NNC(=O)C(=O)NC(C)C)c(Cl)nc12. The summed E-state index contributed by atoms with van der Waals surface area (Å²) >= 11 is 6.05. The first-order valence-electron chi connectivity index (χ1n) is 7.26. The van der Waals surface area contributed by atoms with E-state index in [2.05, 4.69) is 15.7 Å². The van der Waals surface area contributed by atoms with Crippen molar-refractivity contribution in [1.29, 1.82) is 0 Å². The van der Waals surface area contributed by atoms with Crippen LogP contribution in [0.2, 0.25) is 5.15 Å². The molecule has 0 radical (unpaired) electrons. The molecule has 8 heteroatoms. The van der Waals surface area contributed by atoms with E-state index in [0.29, 0.717) is 5.52 Å². The molecule has 0 bridgehead atoms. The number of hydrogen-bond acceptors (Lipinski definition) is 4. The lowest BCUT2D eigenvalue weighted by Crippen LogP contribution is -2.49. The van der Waals surface area contributed by atoms with Crippen molar-refractivity contribution in [3.63, 3.8) is 0 Å². The zero-order chi connectivity index (χ0) is 17.9. The monoisotopic (exact) mass is 348 g/mol. The largest absolute Gasteiger partial charge is 0.346 e. The Hall–Kier alpha value is -2.67. The highest BCUT2D eigenvalue weighted by Crippen LogP contribution is 2.22. The summed E-state index contributed by atoms with van der Waals surface area (Å²) < 4.78 is 0. The summed E-state index contributed by atoms with van der Waals surface area (Å²) in [6, 6.07) is 6.91. The van der Waals surface area contributed by atoms with Gasteiger partial charge in [-0.15, -0.1) is 0 Å². The van der Waals surface area contributed by atoms with Crippen molar-refractivity contribution in [2.75, 3.05) is 0 Å². The summed E-state index contributed by atoms with van der Waals surface area (Å²) in [6.45, 7) is 5.32. The molecule has 1 aromatic heterocycles. The van der Waals surface area contributed by atoms with Crippen molar-refractivity contribution < 1.29 is 14.4 Å². The topological polar surface area (TPSA) is 100 Å². The summed E-state index contributed by atoms with van der Waals surface area (Å²) in [5, 5.41) is 3.16. The van der Waals surface area contributed by atoms with E-state index in [1.165, 1.54) is 0 Å². The van der Waals surface area contributed by atoms with Crippen molar-refractivity contribution >= 4 is 40.2 Å². The molecule has 0 spiro atoms. The van der Waals surface area contributed by atoms with Crippen LogP contribution >= 0.6 is 11.6 Å². The molecule has 0 aliphatic rings. The van der Waals surface area contributed by atoms with Crippen LogP contribution in [0, 0.1) is 6.92 Å². The Morgan fingerprint density at radius 3 is 2.50 bits per heavy atom. The summed E-state index contributed by atoms with van der Waals surface area (Å²) in [5.74, 6) is -2.48. The molecule has 3 N–H and O–H groups in total. The van der Waals surface area contributed by atoms with Gasteiger partial charge in [0.05, 0.1) is 11.1 Å². The van der Waals surface area contributed by atoms with Crippen LogP contribution in [0.1, 0.15) is 29.8 Å². The normalized spacial score (nSPS) is 10.5. The molecule has 1 heterocycles. The van der Waals surface area contributed by atoms with Gasteiger partial charge in [0.1, 0.15) is 5.15 Å². The van der Waals surface area contributed by atoms with Gasteiger partial charge < -0.3 is 5.32 Å². The molecule has 0 aliphatic heterocycles. The van der Waals surface area contributed by atoms with Crippen LogP contribution in [0.3, 0.4) is 0 Å². The Morgan fingerprint density at radius 2 is 1.83 bits per heavy atom. The molecule has 2 rings (SSSR count). The van der Waals surface area contributed by atoms with Crippen LogP contribution in [0.25, 0.3) is 10.9 Å². The minimum Gasteiger partial charge on any atom is -0.346 e. The molecule has 0 saturated carbocycles. The molecular weight excluding hydrogens is 332 g/mol. The third kappa shape index (κ3) is 3.99. The van der Waals surface area contributed by atoms with Gasteiger partial charge in [-0.1, -0.05) is 29.8 Å². The summed E-state index contributed by atoms with van der Waals surface area (Å²) in [6.07, 6.45) is 0. The Kier molecular flexibility index (Phi) is 5.35. The van der Waals surface area contributed by atoms with E-state index >= 15 is 0 Å². The number of carbonyl (C=O) groups excluding carboxylic acids is 3. The minimum absolute atomic E-state index is 0.00943. The minimum atomic E-state index is -0.974. The van der Waals surface area contributed by atoms with Crippen LogP contribution in [0.15, 0.2) is 24.3 Å². The lowest BCUT2D eigenvalue weighted by atomic mass is 10.1. The molecule has 0 unspecified atom stereocenters.